The number of hydrogen-bond donors (Lipinski definition) is 2. The Kier molecular flexibility index (Phi) is 7.73. The van der Waals surface area contributed by atoms with Crippen molar-refractivity contribution in [2.75, 3.05) is 13.4 Å². The Hall–Kier alpha value is -4.37. The first-order valence-electron chi connectivity index (χ1n) is 13.2. The van der Waals surface area contributed by atoms with Gasteiger partial charge in [0, 0.05) is 41.5 Å². The molecule has 0 amide bonds. The Labute approximate surface area is 239 Å². The van der Waals surface area contributed by atoms with Crippen LogP contribution in [0.4, 0.5) is 0 Å². The maximum absolute atomic E-state index is 13.8. The lowest BCUT2D eigenvalue weighted by Crippen LogP contribution is -2.36. The van der Waals surface area contributed by atoms with Gasteiger partial charge in [-0.2, -0.15) is 0 Å². The van der Waals surface area contributed by atoms with E-state index < -0.39 is 21.7 Å². The number of sulfone groups is 1. The van der Waals surface area contributed by atoms with Gasteiger partial charge in [-0.05, 0) is 60.4 Å². The number of dihydropyridines is 1. The molecule has 1 aliphatic carbocycles. The number of ether oxygens (including phenoxy) is 2. The monoisotopic (exact) mass is 573 g/mol. The molecule has 1 aliphatic heterocycles. The summed E-state index contributed by atoms with van der Waals surface area (Å²) in [7, 11) is -1.82. The summed E-state index contributed by atoms with van der Waals surface area (Å²) in [5.41, 5.74) is 4.05. The third-order valence-corrected chi connectivity index (χ3v) is 8.64. The standard InChI is InChI=1S/C32H31NO7S/c1-19-29(32(36)40-18-20-8-6-11-24(14-20)41(3,37)38)30(21-9-7-10-23(34)15-21)31-26(33-19)16-22(17-27(31)35)25-12-4-5-13-28(25)39-2/h4-15,22,30,33-34H,16-18H2,1-3H3/t22-,30-/m1/s1. The van der Waals surface area contributed by atoms with Crippen LogP contribution in [-0.4, -0.2) is 38.6 Å². The lowest BCUT2D eigenvalue weighted by molar-refractivity contribution is -0.140. The van der Waals surface area contributed by atoms with Crippen LogP contribution in [0.2, 0.25) is 0 Å². The number of Topliss-reactive ketones (excluding diaryl/α,β-unsaturated/α-hetero) is 1. The van der Waals surface area contributed by atoms with Crippen molar-refractivity contribution in [2.45, 2.75) is 43.1 Å². The molecule has 0 aromatic heterocycles. The van der Waals surface area contributed by atoms with Gasteiger partial charge < -0.3 is 19.9 Å². The summed E-state index contributed by atoms with van der Waals surface area (Å²) in [4.78, 5) is 27.6. The first-order valence-corrected chi connectivity index (χ1v) is 15.1. The number of carbonyl (C=O) groups excluding carboxylic acids is 2. The second kappa shape index (κ2) is 11.2. The van der Waals surface area contributed by atoms with Crippen LogP contribution in [0.1, 0.15) is 48.3 Å². The first-order chi connectivity index (χ1) is 19.6. The van der Waals surface area contributed by atoms with Crippen molar-refractivity contribution in [2.24, 2.45) is 0 Å². The number of ketones is 1. The van der Waals surface area contributed by atoms with Gasteiger partial charge in [-0.1, -0.05) is 42.5 Å². The van der Waals surface area contributed by atoms with E-state index in [1.165, 1.54) is 18.2 Å². The summed E-state index contributed by atoms with van der Waals surface area (Å²) in [6.45, 7) is 1.61. The summed E-state index contributed by atoms with van der Waals surface area (Å²) >= 11 is 0. The molecule has 41 heavy (non-hydrogen) atoms. The van der Waals surface area contributed by atoms with Crippen molar-refractivity contribution in [1.29, 1.82) is 0 Å². The molecule has 2 N–H and O–H groups in total. The highest BCUT2D eigenvalue weighted by Gasteiger charge is 2.42. The van der Waals surface area contributed by atoms with Crippen molar-refractivity contribution >= 4 is 21.6 Å². The van der Waals surface area contributed by atoms with E-state index in [9.17, 15) is 23.1 Å². The van der Waals surface area contributed by atoms with Crippen LogP contribution in [0.3, 0.4) is 0 Å². The van der Waals surface area contributed by atoms with Gasteiger partial charge in [-0.15, -0.1) is 0 Å². The van der Waals surface area contributed by atoms with Crippen molar-refractivity contribution < 1.29 is 32.6 Å². The average Bonchev–Trinajstić information content (AvgIpc) is 2.94. The van der Waals surface area contributed by atoms with Gasteiger partial charge in [-0.3, -0.25) is 4.79 Å². The van der Waals surface area contributed by atoms with Crippen molar-refractivity contribution in [3.05, 3.63) is 112 Å². The van der Waals surface area contributed by atoms with E-state index >= 15 is 0 Å². The van der Waals surface area contributed by atoms with Crippen LogP contribution in [0.25, 0.3) is 0 Å². The van der Waals surface area contributed by atoms with Crippen LogP contribution in [-0.2, 0) is 30.8 Å². The molecule has 5 rings (SSSR count). The average molecular weight is 574 g/mol. The highest BCUT2D eigenvalue weighted by molar-refractivity contribution is 7.90. The molecule has 0 spiro atoms. The normalized spacial score (nSPS) is 19.0. The van der Waals surface area contributed by atoms with Gasteiger partial charge in [-0.25, -0.2) is 13.2 Å². The number of benzene rings is 3. The van der Waals surface area contributed by atoms with Gasteiger partial charge in [0.25, 0.3) is 0 Å². The molecule has 8 nitrogen and oxygen atoms in total. The Bertz CT molecular complexity index is 1700. The van der Waals surface area contributed by atoms with E-state index in [2.05, 4.69) is 5.32 Å². The Balaban J connectivity index is 1.50. The minimum atomic E-state index is -3.43. The van der Waals surface area contributed by atoms with Gasteiger partial charge in [0.2, 0.25) is 0 Å². The number of para-hydroxylation sites is 1. The minimum absolute atomic E-state index is 0.0151. The summed E-state index contributed by atoms with van der Waals surface area (Å²) in [5, 5.41) is 13.6. The zero-order valence-corrected chi connectivity index (χ0v) is 23.8. The summed E-state index contributed by atoms with van der Waals surface area (Å²) < 4.78 is 35.2. The molecule has 3 aromatic rings. The number of rotatable bonds is 7. The van der Waals surface area contributed by atoms with E-state index in [4.69, 9.17) is 9.47 Å². The predicted molar refractivity (Wildman–Crippen MR) is 153 cm³/mol. The number of methoxy groups -OCH3 is 1. The van der Waals surface area contributed by atoms with Crippen LogP contribution < -0.4 is 10.1 Å². The molecule has 212 valence electrons. The molecule has 0 saturated carbocycles. The Morgan fingerprint density at radius 2 is 1.78 bits per heavy atom. The molecule has 0 unspecified atom stereocenters. The maximum Gasteiger partial charge on any atom is 0.337 e. The first kappa shape index (κ1) is 28.2. The lowest BCUT2D eigenvalue weighted by atomic mass is 9.71. The fourth-order valence-electron chi connectivity index (χ4n) is 5.66. The number of allylic oxidation sites excluding steroid dienone is 3. The van der Waals surface area contributed by atoms with Crippen molar-refractivity contribution in [3.63, 3.8) is 0 Å². The van der Waals surface area contributed by atoms with E-state index in [0.29, 0.717) is 34.6 Å². The second-order valence-electron chi connectivity index (χ2n) is 10.3. The van der Waals surface area contributed by atoms with Gasteiger partial charge >= 0.3 is 5.97 Å². The fourth-order valence-corrected chi connectivity index (χ4v) is 6.35. The summed E-state index contributed by atoms with van der Waals surface area (Å²) in [5.74, 6) is -0.883. The number of nitrogens with one attached hydrogen (secondary N) is 1. The second-order valence-corrected chi connectivity index (χ2v) is 12.4. The number of hydrogen-bond acceptors (Lipinski definition) is 8. The smallest absolute Gasteiger partial charge is 0.337 e. The molecule has 3 aromatic carbocycles. The van der Waals surface area contributed by atoms with Gasteiger partial charge in [0.15, 0.2) is 15.6 Å². The highest BCUT2D eigenvalue weighted by Crippen LogP contribution is 2.47. The summed E-state index contributed by atoms with van der Waals surface area (Å²) in [6, 6.07) is 20.4. The molecular formula is C32H31NO7S. The Morgan fingerprint density at radius 1 is 1.02 bits per heavy atom. The SMILES string of the molecule is COc1ccccc1[C@H]1CC(=O)C2=C(C1)NC(C)=C(C(=O)OCc1cccc(S(C)(=O)=O)c1)[C@H]2c1cccc(O)c1. The minimum Gasteiger partial charge on any atom is -0.508 e. The maximum atomic E-state index is 13.8. The molecular weight excluding hydrogens is 542 g/mol. The van der Waals surface area contributed by atoms with E-state index in [-0.39, 0.29) is 40.9 Å². The van der Waals surface area contributed by atoms with E-state index in [1.807, 2.05) is 24.3 Å². The zero-order valence-electron chi connectivity index (χ0n) is 23.0. The highest BCUT2D eigenvalue weighted by atomic mass is 32.2. The Morgan fingerprint density at radius 3 is 2.51 bits per heavy atom. The van der Waals surface area contributed by atoms with Crippen LogP contribution in [0, 0.1) is 0 Å². The lowest BCUT2D eigenvalue weighted by Gasteiger charge is -2.37. The fraction of sp³-hybridized carbons (Fsp3) is 0.250. The van der Waals surface area contributed by atoms with E-state index in [0.717, 1.165) is 17.5 Å². The van der Waals surface area contributed by atoms with Crippen LogP contribution >= 0.6 is 0 Å². The topological polar surface area (TPSA) is 119 Å². The van der Waals surface area contributed by atoms with Crippen LogP contribution in [0.5, 0.6) is 11.5 Å². The number of phenols is 1. The molecule has 9 heteroatoms. The number of aromatic hydroxyl groups is 1. The molecule has 2 aliphatic rings. The molecule has 0 saturated heterocycles. The summed E-state index contributed by atoms with van der Waals surface area (Å²) in [6.07, 6.45) is 1.88. The zero-order chi connectivity index (χ0) is 29.3. The van der Waals surface area contributed by atoms with Crippen molar-refractivity contribution in [3.8, 4) is 11.5 Å². The molecule has 0 fully saturated rings. The van der Waals surface area contributed by atoms with Gasteiger partial charge in [0.05, 0.1) is 17.6 Å². The van der Waals surface area contributed by atoms with E-state index in [1.54, 1.807) is 44.4 Å². The third-order valence-electron chi connectivity index (χ3n) is 7.53. The largest absolute Gasteiger partial charge is 0.508 e. The predicted octanol–water partition coefficient (Wildman–Crippen LogP) is 4.91. The third kappa shape index (κ3) is 5.76. The molecule has 1 heterocycles. The van der Waals surface area contributed by atoms with Crippen LogP contribution in [0.15, 0.2) is 100 Å². The molecule has 0 radical (unpaired) electrons. The number of esters is 1. The molecule has 0 bridgehead atoms. The quantitative estimate of drug-likeness (QED) is 0.383. The van der Waals surface area contributed by atoms with Crippen molar-refractivity contribution in [1.82, 2.24) is 5.32 Å². The number of carbonyl (C=O) groups is 2. The number of phenolic OH excluding ortho intramolecular Hbond substituents is 1. The molecule has 2 atom stereocenters. The van der Waals surface area contributed by atoms with Gasteiger partial charge in [0.1, 0.15) is 18.1 Å².